The Bertz CT molecular complexity index is 811. The summed E-state index contributed by atoms with van der Waals surface area (Å²) < 4.78 is 16.2. The molecule has 0 aliphatic heterocycles. The summed E-state index contributed by atoms with van der Waals surface area (Å²) in [4.78, 5) is 12.4. The third-order valence-electron chi connectivity index (χ3n) is 3.81. The van der Waals surface area contributed by atoms with Gasteiger partial charge in [-0.2, -0.15) is 0 Å². The summed E-state index contributed by atoms with van der Waals surface area (Å²) in [6, 6.07) is 9.92. The molecule has 0 spiro atoms. The Morgan fingerprint density at radius 2 is 1.89 bits per heavy atom. The molecular formula is C19H24ClN3O3S. The van der Waals surface area contributed by atoms with E-state index >= 15 is 0 Å². The summed E-state index contributed by atoms with van der Waals surface area (Å²) >= 11 is 1.65. The van der Waals surface area contributed by atoms with Crippen molar-refractivity contribution in [2.24, 2.45) is 0 Å². The minimum absolute atomic E-state index is 0. The fourth-order valence-electron chi connectivity index (χ4n) is 2.47. The predicted octanol–water partition coefficient (Wildman–Crippen LogP) is 4.02. The molecule has 0 saturated heterocycles. The summed E-state index contributed by atoms with van der Waals surface area (Å²) in [5.74, 6) is 2.50. The number of thioether (sulfide) groups is 1. The maximum atomic E-state index is 5.82. The van der Waals surface area contributed by atoms with Crippen LogP contribution in [0.1, 0.15) is 11.4 Å². The van der Waals surface area contributed by atoms with Gasteiger partial charge >= 0.3 is 0 Å². The topological polar surface area (TPSA) is 69.3 Å². The number of methoxy groups -OCH3 is 1. The molecular weight excluding hydrogens is 386 g/mol. The van der Waals surface area contributed by atoms with E-state index in [2.05, 4.69) is 15.0 Å². The zero-order valence-electron chi connectivity index (χ0n) is 15.4. The van der Waals surface area contributed by atoms with E-state index in [9.17, 15) is 0 Å². The highest BCUT2D eigenvalue weighted by Gasteiger charge is 2.09. The van der Waals surface area contributed by atoms with Gasteiger partial charge in [-0.15, -0.1) is 12.4 Å². The van der Waals surface area contributed by atoms with Crippen LogP contribution < -0.4 is 4.74 Å². The lowest BCUT2D eigenvalue weighted by Crippen LogP contribution is -2.10. The lowest BCUT2D eigenvalue weighted by Gasteiger charge is -2.11. The first-order valence-electron chi connectivity index (χ1n) is 8.49. The van der Waals surface area contributed by atoms with E-state index in [-0.39, 0.29) is 12.4 Å². The molecule has 0 saturated carbocycles. The van der Waals surface area contributed by atoms with Crippen LogP contribution >= 0.6 is 24.2 Å². The van der Waals surface area contributed by atoms with E-state index in [1.165, 1.54) is 0 Å². The van der Waals surface area contributed by atoms with Crippen LogP contribution in [0.15, 0.2) is 41.6 Å². The molecule has 146 valence electrons. The number of rotatable bonds is 10. The van der Waals surface area contributed by atoms with Gasteiger partial charge < -0.3 is 19.2 Å². The number of aromatic amines is 1. The molecule has 0 fully saturated rings. The molecule has 8 heteroatoms. The number of fused-ring (bicyclic) bond motifs is 1. The molecule has 0 unspecified atom stereocenters. The van der Waals surface area contributed by atoms with Gasteiger partial charge in [0.2, 0.25) is 0 Å². The molecule has 3 rings (SSSR count). The van der Waals surface area contributed by atoms with Crippen molar-refractivity contribution < 1.29 is 14.2 Å². The highest BCUT2D eigenvalue weighted by atomic mass is 35.5. The van der Waals surface area contributed by atoms with Crippen molar-refractivity contribution in [2.45, 2.75) is 17.7 Å². The van der Waals surface area contributed by atoms with Gasteiger partial charge in [-0.05, 0) is 25.1 Å². The molecule has 0 radical (unpaired) electrons. The Balaban J connectivity index is 0.00000261. The van der Waals surface area contributed by atoms with Crippen molar-refractivity contribution in [3.63, 3.8) is 0 Å². The molecule has 1 aromatic carbocycles. The van der Waals surface area contributed by atoms with Gasteiger partial charge in [-0.3, -0.25) is 0 Å². The molecule has 6 nitrogen and oxygen atoms in total. The van der Waals surface area contributed by atoms with Crippen LogP contribution in [0.2, 0.25) is 0 Å². The number of nitrogens with one attached hydrogen (secondary N) is 1. The monoisotopic (exact) mass is 409 g/mol. The van der Waals surface area contributed by atoms with Crippen LogP contribution in [0.5, 0.6) is 5.75 Å². The second-order valence-corrected chi connectivity index (χ2v) is 6.65. The average molecular weight is 410 g/mol. The molecule has 27 heavy (non-hydrogen) atoms. The second kappa shape index (κ2) is 11.1. The normalized spacial score (nSPS) is 10.7. The van der Waals surface area contributed by atoms with Crippen molar-refractivity contribution >= 4 is 35.2 Å². The number of nitrogens with zero attached hydrogens (tertiary/aromatic N) is 2. The molecule has 0 aliphatic rings. The number of H-pyrrole nitrogens is 1. The van der Waals surface area contributed by atoms with E-state index in [1.807, 2.05) is 37.3 Å². The number of hydrogen-bond donors (Lipinski definition) is 1. The Labute approximate surface area is 169 Å². The van der Waals surface area contributed by atoms with Crippen LogP contribution in [0.4, 0.5) is 0 Å². The number of halogens is 1. The number of hydrogen-bond acceptors (Lipinski definition) is 6. The minimum Gasteiger partial charge on any atom is -0.491 e. The van der Waals surface area contributed by atoms with Crippen molar-refractivity contribution in [3.05, 3.63) is 47.9 Å². The SMILES string of the molecule is COCCOCCOc1ccnc(SCc2nc3ccccc3[nH]2)c1C.Cl. The maximum Gasteiger partial charge on any atom is 0.126 e. The summed E-state index contributed by atoms with van der Waals surface area (Å²) in [7, 11) is 1.66. The third kappa shape index (κ3) is 6.10. The summed E-state index contributed by atoms with van der Waals surface area (Å²) in [5, 5.41) is 0.947. The van der Waals surface area contributed by atoms with Gasteiger partial charge in [0.25, 0.3) is 0 Å². The van der Waals surface area contributed by atoms with Crippen molar-refractivity contribution in [1.82, 2.24) is 15.0 Å². The Morgan fingerprint density at radius 3 is 2.70 bits per heavy atom. The van der Waals surface area contributed by atoms with Crippen molar-refractivity contribution in [3.8, 4) is 5.75 Å². The number of pyridine rings is 1. The van der Waals surface area contributed by atoms with Crippen molar-refractivity contribution in [1.29, 1.82) is 0 Å². The molecule has 0 atom stereocenters. The van der Waals surface area contributed by atoms with Gasteiger partial charge in [0, 0.05) is 18.9 Å². The van der Waals surface area contributed by atoms with Crippen LogP contribution in [-0.2, 0) is 15.2 Å². The third-order valence-corrected chi connectivity index (χ3v) is 4.91. The van der Waals surface area contributed by atoms with E-state index in [0.29, 0.717) is 26.4 Å². The molecule has 1 N–H and O–H groups in total. The molecule has 3 aromatic rings. The van der Waals surface area contributed by atoms with Crippen LogP contribution in [0, 0.1) is 6.92 Å². The number of ether oxygens (including phenoxy) is 3. The van der Waals surface area contributed by atoms with E-state index in [0.717, 1.165) is 38.9 Å². The second-order valence-electron chi connectivity index (χ2n) is 5.68. The van der Waals surface area contributed by atoms with Gasteiger partial charge in [-0.1, -0.05) is 23.9 Å². The number of imidazole rings is 1. The first-order chi connectivity index (χ1) is 12.8. The van der Waals surface area contributed by atoms with Gasteiger partial charge in [0.05, 0.1) is 36.6 Å². The van der Waals surface area contributed by atoms with Crippen molar-refractivity contribution in [2.75, 3.05) is 33.5 Å². The lowest BCUT2D eigenvalue weighted by atomic mass is 10.3. The summed E-state index contributed by atoms with van der Waals surface area (Å²) in [5.41, 5.74) is 3.07. The predicted molar refractivity (Wildman–Crippen MR) is 110 cm³/mol. The Hall–Kier alpha value is -1.80. The van der Waals surface area contributed by atoms with E-state index in [4.69, 9.17) is 14.2 Å². The number of benzene rings is 1. The average Bonchev–Trinajstić information content (AvgIpc) is 3.07. The number of para-hydroxylation sites is 2. The van der Waals surface area contributed by atoms with Gasteiger partial charge in [-0.25, -0.2) is 9.97 Å². The summed E-state index contributed by atoms with van der Waals surface area (Å²) in [6.45, 7) is 4.23. The summed E-state index contributed by atoms with van der Waals surface area (Å²) in [6.07, 6.45) is 1.77. The first kappa shape index (κ1) is 21.5. The maximum absolute atomic E-state index is 5.82. The largest absolute Gasteiger partial charge is 0.491 e. The Morgan fingerprint density at radius 1 is 1.07 bits per heavy atom. The zero-order chi connectivity index (χ0) is 18.2. The van der Waals surface area contributed by atoms with Crippen LogP contribution in [-0.4, -0.2) is 48.5 Å². The van der Waals surface area contributed by atoms with E-state index in [1.54, 1.807) is 25.1 Å². The fraction of sp³-hybridized carbons (Fsp3) is 0.368. The zero-order valence-corrected chi connectivity index (χ0v) is 17.1. The van der Waals surface area contributed by atoms with E-state index < -0.39 is 0 Å². The van der Waals surface area contributed by atoms with Gasteiger partial charge in [0.15, 0.2) is 0 Å². The molecule has 2 aromatic heterocycles. The lowest BCUT2D eigenvalue weighted by molar-refractivity contribution is 0.0542. The molecule has 2 heterocycles. The highest BCUT2D eigenvalue weighted by molar-refractivity contribution is 7.98. The van der Waals surface area contributed by atoms with Crippen LogP contribution in [0.25, 0.3) is 11.0 Å². The van der Waals surface area contributed by atoms with Gasteiger partial charge in [0.1, 0.15) is 23.2 Å². The number of aromatic nitrogens is 3. The smallest absolute Gasteiger partial charge is 0.126 e. The van der Waals surface area contributed by atoms with Crippen LogP contribution in [0.3, 0.4) is 0 Å². The highest BCUT2D eigenvalue weighted by Crippen LogP contribution is 2.29. The standard InChI is InChI=1S/C19H23N3O3S.ClH/c1-14-17(25-12-11-24-10-9-23-2)7-8-20-19(14)26-13-18-21-15-5-3-4-6-16(15)22-18;/h3-8H,9-13H2,1-2H3,(H,21,22);1H. The Kier molecular flexibility index (Phi) is 8.87. The molecule has 0 aliphatic carbocycles. The first-order valence-corrected chi connectivity index (χ1v) is 9.48. The quantitative estimate of drug-likeness (QED) is 0.403. The molecule has 0 amide bonds. The fourth-order valence-corrected chi connectivity index (χ4v) is 3.33. The minimum atomic E-state index is 0. The molecule has 0 bridgehead atoms.